The van der Waals surface area contributed by atoms with Gasteiger partial charge in [0.15, 0.2) is 5.96 Å². The second-order valence-electron chi connectivity index (χ2n) is 9.57. The van der Waals surface area contributed by atoms with Crippen molar-refractivity contribution in [3.8, 4) is 0 Å². The number of hydrogen-bond donors (Lipinski definition) is 1. The van der Waals surface area contributed by atoms with Crippen molar-refractivity contribution in [2.45, 2.75) is 39.2 Å². The number of para-hydroxylation sites is 1. The Labute approximate surface area is 216 Å². The lowest BCUT2D eigenvalue weighted by atomic mass is 10.2. The third-order valence-electron chi connectivity index (χ3n) is 5.91. The van der Waals surface area contributed by atoms with Gasteiger partial charge in [-0.15, -0.1) is 24.0 Å². The van der Waals surface area contributed by atoms with Gasteiger partial charge in [-0.25, -0.2) is 4.79 Å². The predicted octanol–water partition coefficient (Wildman–Crippen LogP) is 3.07. The number of amides is 1. The normalized spacial score (nSPS) is 18.2. The summed E-state index contributed by atoms with van der Waals surface area (Å²) < 4.78 is 5.44. The molecule has 2 saturated heterocycles. The van der Waals surface area contributed by atoms with Gasteiger partial charge in [-0.2, -0.15) is 0 Å². The molecule has 0 radical (unpaired) electrons. The third kappa shape index (κ3) is 9.19. The van der Waals surface area contributed by atoms with E-state index >= 15 is 0 Å². The summed E-state index contributed by atoms with van der Waals surface area (Å²) >= 11 is 0. The number of piperazine rings is 2. The van der Waals surface area contributed by atoms with Crippen LogP contribution in [-0.2, 0) is 4.74 Å². The van der Waals surface area contributed by atoms with Gasteiger partial charge in [0.2, 0.25) is 0 Å². The van der Waals surface area contributed by atoms with E-state index in [1.807, 2.05) is 20.8 Å². The summed E-state index contributed by atoms with van der Waals surface area (Å²) in [5, 5.41) is 0. The van der Waals surface area contributed by atoms with E-state index in [9.17, 15) is 4.79 Å². The number of carbonyl (C=O) groups is 1. The van der Waals surface area contributed by atoms with Crippen LogP contribution in [0.1, 0.15) is 33.6 Å². The zero-order valence-corrected chi connectivity index (χ0v) is 22.7. The van der Waals surface area contributed by atoms with Crippen LogP contribution in [0.5, 0.6) is 0 Å². The summed E-state index contributed by atoms with van der Waals surface area (Å²) in [6.45, 7) is 14.5. The predicted molar refractivity (Wildman–Crippen MR) is 146 cm³/mol. The van der Waals surface area contributed by atoms with Gasteiger partial charge in [0, 0.05) is 64.6 Å². The van der Waals surface area contributed by atoms with Crippen LogP contribution in [0.2, 0.25) is 0 Å². The highest BCUT2D eigenvalue weighted by Gasteiger charge is 2.26. The molecule has 0 atom stereocenters. The van der Waals surface area contributed by atoms with Gasteiger partial charge in [-0.1, -0.05) is 18.2 Å². The van der Waals surface area contributed by atoms with Crippen molar-refractivity contribution in [3.63, 3.8) is 0 Å². The van der Waals surface area contributed by atoms with Gasteiger partial charge in [-0.05, 0) is 52.3 Å². The number of hydrogen-bond acceptors (Lipinski definition) is 5. The van der Waals surface area contributed by atoms with E-state index in [2.05, 4.69) is 50.0 Å². The van der Waals surface area contributed by atoms with Gasteiger partial charge in [0.25, 0.3) is 0 Å². The first-order valence-corrected chi connectivity index (χ1v) is 11.9. The topological polar surface area (TPSA) is 77.6 Å². The number of ether oxygens (including phenoxy) is 1. The van der Waals surface area contributed by atoms with Crippen LogP contribution in [0, 0.1) is 0 Å². The molecule has 3 rings (SSSR count). The lowest BCUT2D eigenvalue weighted by Gasteiger charge is -2.36. The van der Waals surface area contributed by atoms with E-state index in [-0.39, 0.29) is 30.1 Å². The smallest absolute Gasteiger partial charge is 0.410 e. The van der Waals surface area contributed by atoms with E-state index in [0.717, 1.165) is 52.1 Å². The molecule has 2 heterocycles. The zero-order valence-electron chi connectivity index (χ0n) is 20.4. The van der Waals surface area contributed by atoms with Gasteiger partial charge in [0.05, 0.1) is 0 Å². The molecular weight excluding hydrogens is 531 g/mol. The van der Waals surface area contributed by atoms with Crippen LogP contribution in [0.3, 0.4) is 0 Å². The molecule has 2 aliphatic rings. The summed E-state index contributed by atoms with van der Waals surface area (Å²) in [6.07, 6.45) is 1.92. The van der Waals surface area contributed by atoms with Gasteiger partial charge in [0.1, 0.15) is 5.60 Å². The largest absolute Gasteiger partial charge is 0.444 e. The van der Waals surface area contributed by atoms with Crippen molar-refractivity contribution in [3.05, 3.63) is 30.3 Å². The van der Waals surface area contributed by atoms with E-state index in [1.165, 1.54) is 5.69 Å². The lowest BCUT2D eigenvalue weighted by Crippen LogP contribution is -2.53. The molecule has 1 amide bonds. The van der Waals surface area contributed by atoms with E-state index in [4.69, 9.17) is 10.5 Å². The molecule has 2 fully saturated rings. The van der Waals surface area contributed by atoms with E-state index < -0.39 is 5.60 Å². The van der Waals surface area contributed by atoms with Crippen molar-refractivity contribution < 1.29 is 9.53 Å². The highest BCUT2D eigenvalue weighted by Crippen LogP contribution is 2.16. The Morgan fingerprint density at radius 1 is 0.939 bits per heavy atom. The Hall–Kier alpha value is -1.75. The molecule has 33 heavy (non-hydrogen) atoms. The molecule has 1 aromatic rings. The number of nitrogens with two attached hydrogens (primary N) is 1. The second kappa shape index (κ2) is 13.2. The maximum Gasteiger partial charge on any atom is 0.410 e. The van der Waals surface area contributed by atoms with Crippen LogP contribution in [0.15, 0.2) is 35.3 Å². The zero-order chi connectivity index (χ0) is 23.0. The standard InChI is InChI=1S/C24H40N6O2.HI/c1-24(2,3)32-23(31)30-19-17-29(18-20-30)22(25)26-11-7-8-12-27-13-15-28(16-14-27)21-9-5-4-6-10-21;/h4-6,9-10H,7-8,11-20H2,1-3H3,(H2,25,26);1H. The summed E-state index contributed by atoms with van der Waals surface area (Å²) in [4.78, 5) is 25.6. The minimum atomic E-state index is -0.468. The molecule has 0 bridgehead atoms. The average molecular weight is 573 g/mol. The first-order chi connectivity index (χ1) is 15.3. The van der Waals surface area contributed by atoms with Crippen LogP contribution >= 0.6 is 24.0 Å². The number of unbranched alkanes of at least 4 members (excludes halogenated alkanes) is 1. The van der Waals surface area contributed by atoms with Crippen LogP contribution in [0.25, 0.3) is 0 Å². The molecule has 0 saturated carbocycles. The fourth-order valence-electron chi connectivity index (χ4n) is 4.05. The quantitative estimate of drug-likeness (QED) is 0.245. The molecule has 186 valence electrons. The maximum absolute atomic E-state index is 12.2. The minimum Gasteiger partial charge on any atom is -0.444 e. The van der Waals surface area contributed by atoms with Crippen molar-refractivity contribution in [1.29, 1.82) is 0 Å². The fraction of sp³-hybridized carbons (Fsp3) is 0.667. The summed E-state index contributed by atoms with van der Waals surface area (Å²) in [7, 11) is 0. The Morgan fingerprint density at radius 3 is 2.15 bits per heavy atom. The molecule has 0 spiro atoms. The van der Waals surface area contributed by atoms with E-state index in [1.54, 1.807) is 4.90 Å². The number of benzene rings is 1. The number of anilines is 1. The lowest BCUT2D eigenvalue weighted by molar-refractivity contribution is 0.0186. The Morgan fingerprint density at radius 2 is 1.55 bits per heavy atom. The minimum absolute atomic E-state index is 0. The molecule has 0 unspecified atom stereocenters. The number of carbonyl (C=O) groups excluding carboxylic acids is 1. The number of halogens is 1. The molecule has 0 aromatic heterocycles. The molecule has 9 heteroatoms. The number of guanidine groups is 1. The van der Waals surface area contributed by atoms with Gasteiger partial charge < -0.3 is 25.2 Å². The Balaban J connectivity index is 0.00000385. The SMILES string of the molecule is CC(C)(C)OC(=O)N1CCN(C(N)=NCCCCN2CCN(c3ccccc3)CC2)CC1.I. The summed E-state index contributed by atoms with van der Waals surface area (Å²) in [5.74, 6) is 0.588. The molecule has 2 aliphatic heterocycles. The van der Waals surface area contributed by atoms with Crippen LogP contribution < -0.4 is 10.6 Å². The van der Waals surface area contributed by atoms with Crippen LogP contribution in [-0.4, -0.2) is 97.8 Å². The van der Waals surface area contributed by atoms with Gasteiger partial charge >= 0.3 is 6.09 Å². The summed E-state index contributed by atoms with van der Waals surface area (Å²) in [5.41, 5.74) is 7.05. The highest BCUT2D eigenvalue weighted by molar-refractivity contribution is 14.0. The Kier molecular flexibility index (Phi) is 11.0. The first kappa shape index (κ1) is 27.5. The monoisotopic (exact) mass is 572 g/mol. The molecule has 0 aliphatic carbocycles. The number of rotatable bonds is 6. The van der Waals surface area contributed by atoms with Gasteiger partial charge in [-0.3, -0.25) is 9.89 Å². The summed E-state index contributed by atoms with van der Waals surface area (Å²) in [6, 6.07) is 10.7. The molecule has 1 aromatic carbocycles. The molecule has 8 nitrogen and oxygen atoms in total. The van der Waals surface area contributed by atoms with Crippen molar-refractivity contribution in [2.24, 2.45) is 10.7 Å². The number of aliphatic imine (C=N–C) groups is 1. The second-order valence-corrected chi connectivity index (χ2v) is 9.57. The van der Waals surface area contributed by atoms with Crippen LogP contribution in [0.4, 0.5) is 10.5 Å². The van der Waals surface area contributed by atoms with E-state index in [0.29, 0.717) is 32.1 Å². The average Bonchev–Trinajstić information content (AvgIpc) is 2.79. The van der Waals surface area contributed by atoms with Crippen molar-refractivity contribution in [1.82, 2.24) is 14.7 Å². The maximum atomic E-state index is 12.2. The van der Waals surface area contributed by atoms with Crippen molar-refractivity contribution >= 4 is 41.7 Å². The third-order valence-corrected chi connectivity index (χ3v) is 5.91. The number of nitrogens with zero attached hydrogens (tertiary/aromatic N) is 5. The fourth-order valence-corrected chi connectivity index (χ4v) is 4.05. The van der Waals surface area contributed by atoms with Crippen molar-refractivity contribution in [2.75, 3.05) is 70.3 Å². The molecule has 2 N–H and O–H groups in total. The molecular formula is C24H41IN6O2. The highest BCUT2D eigenvalue weighted by atomic mass is 127. The first-order valence-electron chi connectivity index (χ1n) is 11.9. The Bertz CT molecular complexity index is 739.